The number of nitro groups is 1. The molecule has 12 heteroatoms. The number of nitrogens with zero attached hydrogens (tertiary/aromatic N) is 3. The SMILES string of the molecule is CN(C(=O)NCC(=O)N1c2ccc(Cl)cc2C(N)=C(OCc2ccccc2)C1(C)Cl)c1cccc([N+](=O)[O-])c1. The molecule has 0 bridgehead atoms. The van der Waals surface area contributed by atoms with Crippen LogP contribution in [-0.2, 0) is 16.1 Å². The van der Waals surface area contributed by atoms with Crippen LogP contribution in [0, 0.1) is 10.1 Å². The molecule has 0 spiro atoms. The van der Waals surface area contributed by atoms with Crippen molar-refractivity contribution >= 4 is 57.9 Å². The molecule has 3 N–H and O–H groups in total. The fraction of sp³-hybridized carbons (Fsp3) is 0.185. The van der Waals surface area contributed by atoms with Gasteiger partial charge in [-0.25, -0.2) is 4.79 Å². The van der Waals surface area contributed by atoms with Gasteiger partial charge in [-0.2, -0.15) is 0 Å². The predicted octanol–water partition coefficient (Wildman–Crippen LogP) is 5.24. The molecule has 0 saturated carbocycles. The van der Waals surface area contributed by atoms with E-state index in [2.05, 4.69) is 5.32 Å². The lowest BCUT2D eigenvalue weighted by Crippen LogP contribution is -2.54. The minimum atomic E-state index is -1.53. The highest BCUT2D eigenvalue weighted by Crippen LogP contribution is 2.45. The van der Waals surface area contributed by atoms with E-state index in [0.29, 0.717) is 16.3 Å². The summed E-state index contributed by atoms with van der Waals surface area (Å²) < 4.78 is 6.06. The van der Waals surface area contributed by atoms with Gasteiger partial charge < -0.3 is 15.8 Å². The number of nitrogens with two attached hydrogens (primary N) is 1. The first kappa shape index (κ1) is 27.7. The lowest BCUT2D eigenvalue weighted by molar-refractivity contribution is -0.384. The number of anilines is 2. The van der Waals surface area contributed by atoms with Gasteiger partial charge in [-0.1, -0.05) is 59.6 Å². The quantitative estimate of drug-likeness (QED) is 0.173. The summed E-state index contributed by atoms with van der Waals surface area (Å²) in [5.41, 5.74) is 8.54. The molecule has 202 valence electrons. The van der Waals surface area contributed by atoms with E-state index in [1.807, 2.05) is 30.3 Å². The zero-order chi connectivity index (χ0) is 28.3. The number of hydrogen-bond acceptors (Lipinski definition) is 6. The number of urea groups is 1. The van der Waals surface area contributed by atoms with Gasteiger partial charge in [0.2, 0.25) is 5.91 Å². The highest BCUT2D eigenvalue weighted by molar-refractivity contribution is 6.32. The van der Waals surface area contributed by atoms with E-state index >= 15 is 0 Å². The van der Waals surface area contributed by atoms with Crippen LogP contribution in [-0.4, -0.2) is 35.5 Å². The summed E-state index contributed by atoms with van der Waals surface area (Å²) in [7, 11) is 1.43. The number of carbonyl (C=O) groups is 2. The second-order valence-electron chi connectivity index (χ2n) is 8.86. The summed E-state index contributed by atoms with van der Waals surface area (Å²) in [4.78, 5) is 37.8. The maximum Gasteiger partial charge on any atom is 0.322 e. The van der Waals surface area contributed by atoms with E-state index in [0.717, 1.165) is 10.5 Å². The number of halogens is 2. The number of hydrogen-bond donors (Lipinski definition) is 2. The first-order chi connectivity index (χ1) is 18.5. The monoisotopic (exact) mass is 569 g/mol. The number of benzene rings is 3. The van der Waals surface area contributed by atoms with E-state index in [1.165, 1.54) is 30.1 Å². The van der Waals surface area contributed by atoms with Crippen LogP contribution in [0.1, 0.15) is 18.1 Å². The standard InChI is InChI=1S/C27H25Cl2N5O5/c1-27(29)25(39-16-17-7-4-3-5-8-17)24(30)21-13-18(28)11-12-22(21)33(27)23(35)15-31-26(36)32(2)19-9-6-10-20(14-19)34(37)38/h3-14H,15-16,30H2,1-2H3,(H,31,36). The third-order valence-corrected chi connectivity index (χ3v) is 6.74. The van der Waals surface area contributed by atoms with Crippen LogP contribution in [0.25, 0.3) is 5.70 Å². The highest BCUT2D eigenvalue weighted by Gasteiger charge is 2.46. The molecule has 3 aromatic rings. The minimum Gasteiger partial charge on any atom is -0.487 e. The number of non-ortho nitro benzene ring substituents is 1. The Balaban J connectivity index is 1.57. The number of fused-ring (bicyclic) bond motifs is 1. The molecule has 3 amide bonds. The average Bonchev–Trinajstić information content (AvgIpc) is 2.92. The van der Waals surface area contributed by atoms with E-state index in [9.17, 15) is 19.7 Å². The van der Waals surface area contributed by atoms with Gasteiger partial charge in [0.1, 0.15) is 6.61 Å². The Morgan fingerprint density at radius 2 is 1.85 bits per heavy atom. The summed E-state index contributed by atoms with van der Waals surface area (Å²) in [6.07, 6.45) is 0. The number of ether oxygens (including phenoxy) is 1. The molecule has 1 aliphatic heterocycles. The second-order valence-corrected chi connectivity index (χ2v) is 10.0. The fourth-order valence-electron chi connectivity index (χ4n) is 4.20. The van der Waals surface area contributed by atoms with Gasteiger partial charge >= 0.3 is 6.03 Å². The van der Waals surface area contributed by atoms with Crippen molar-refractivity contribution in [3.05, 3.63) is 105 Å². The molecule has 4 rings (SSSR count). The normalized spacial score (nSPS) is 16.4. The third kappa shape index (κ3) is 5.76. The molecule has 0 aromatic heterocycles. The Kier molecular flexibility index (Phi) is 7.98. The maximum absolute atomic E-state index is 13.6. The molecule has 0 radical (unpaired) electrons. The Bertz CT molecular complexity index is 1460. The van der Waals surface area contributed by atoms with Crippen molar-refractivity contribution in [2.75, 3.05) is 23.4 Å². The van der Waals surface area contributed by atoms with E-state index in [-0.39, 0.29) is 29.4 Å². The zero-order valence-corrected chi connectivity index (χ0v) is 22.6. The molecular formula is C27H25Cl2N5O5. The van der Waals surface area contributed by atoms with Crippen molar-refractivity contribution in [3.8, 4) is 0 Å². The first-order valence-corrected chi connectivity index (χ1v) is 12.5. The zero-order valence-electron chi connectivity index (χ0n) is 21.1. The van der Waals surface area contributed by atoms with Crippen LogP contribution in [0.15, 0.2) is 78.6 Å². The van der Waals surface area contributed by atoms with Crippen LogP contribution < -0.4 is 20.9 Å². The smallest absolute Gasteiger partial charge is 0.322 e. The second kappa shape index (κ2) is 11.2. The van der Waals surface area contributed by atoms with Crippen molar-refractivity contribution < 1.29 is 19.2 Å². The summed E-state index contributed by atoms with van der Waals surface area (Å²) in [5, 5.41) is 14.0. The molecule has 3 aromatic carbocycles. The van der Waals surface area contributed by atoms with Crippen LogP contribution in [0.2, 0.25) is 5.02 Å². The van der Waals surface area contributed by atoms with Gasteiger partial charge in [-0.3, -0.25) is 24.7 Å². The summed E-state index contributed by atoms with van der Waals surface area (Å²) in [5.74, 6) is -0.388. The summed E-state index contributed by atoms with van der Waals surface area (Å²) in [6.45, 7) is 1.30. The van der Waals surface area contributed by atoms with Gasteiger partial charge in [0.15, 0.2) is 10.8 Å². The minimum absolute atomic E-state index is 0.155. The van der Waals surface area contributed by atoms with Crippen LogP contribution in [0.5, 0.6) is 0 Å². The fourth-order valence-corrected chi connectivity index (χ4v) is 4.72. The van der Waals surface area contributed by atoms with Crippen molar-refractivity contribution in [1.82, 2.24) is 5.32 Å². The van der Waals surface area contributed by atoms with Crippen LogP contribution >= 0.6 is 23.2 Å². The van der Waals surface area contributed by atoms with Crippen LogP contribution in [0.3, 0.4) is 0 Å². The predicted molar refractivity (Wildman–Crippen MR) is 150 cm³/mol. The number of rotatable bonds is 7. The van der Waals surface area contributed by atoms with E-state index in [4.69, 9.17) is 33.7 Å². The Labute approximate surface area is 234 Å². The first-order valence-electron chi connectivity index (χ1n) is 11.8. The summed E-state index contributed by atoms with van der Waals surface area (Å²) in [6, 6.07) is 19.1. The van der Waals surface area contributed by atoms with Crippen molar-refractivity contribution in [2.45, 2.75) is 18.5 Å². The van der Waals surface area contributed by atoms with Gasteiger partial charge in [-0.15, -0.1) is 0 Å². The number of nitrogens with one attached hydrogen (secondary N) is 1. The largest absolute Gasteiger partial charge is 0.487 e. The van der Waals surface area contributed by atoms with E-state index < -0.39 is 28.4 Å². The van der Waals surface area contributed by atoms with Gasteiger partial charge in [-0.05, 0) is 36.8 Å². The number of nitro benzene ring substituents is 1. The average molecular weight is 570 g/mol. The molecular weight excluding hydrogens is 545 g/mol. The topological polar surface area (TPSA) is 131 Å². The van der Waals surface area contributed by atoms with Gasteiger partial charge in [0, 0.05) is 29.8 Å². The third-order valence-electron chi connectivity index (χ3n) is 6.17. The molecule has 0 saturated heterocycles. The Hall–Kier alpha value is -4.28. The molecule has 1 heterocycles. The van der Waals surface area contributed by atoms with Crippen molar-refractivity contribution in [3.63, 3.8) is 0 Å². The number of amides is 3. The molecule has 10 nitrogen and oxygen atoms in total. The Morgan fingerprint density at radius 3 is 2.54 bits per heavy atom. The molecule has 0 fully saturated rings. The molecule has 1 unspecified atom stereocenters. The lowest BCUT2D eigenvalue weighted by Gasteiger charge is -2.42. The van der Waals surface area contributed by atoms with Crippen molar-refractivity contribution in [2.24, 2.45) is 5.73 Å². The molecule has 0 aliphatic carbocycles. The van der Waals surface area contributed by atoms with Gasteiger partial charge in [0.25, 0.3) is 5.69 Å². The summed E-state index contributed by atoms with van der Waals surface area (Å²) >= 11 is 13.2. The molecule has 39 heavy (non-hydrogen) atoms. The van der Waals surface area contributed by atoms with Crippen molar-refractivity contribution in [1.29, 1.82) is 0 Å². The highest BCUT2D eigenvalue weighted by atomic mass is 35.5. The van der Waals surface area contributed by atoms with Crippen LogP contribution in [0.4, 0.5) is 21.9 Å². The molecule has 1 aliphatic rings. The molecule has 1 atom stereocenters. The number of carbonyl (C=O) groups excluding carboxylic acids is 2. The van der Waals surface area contributed by atoms with E-state index in [1.54, 1.807) is 31.2 Å². The Morgan fingerprint density at radius 1 is 1.13 bits per heavy atom. The lowest BCUT2D eigenvalue weighted by atomic mass is 9.98. The number of alkyl halides is 1. The maximum atomic E-state index is 13.6. The van der Waals surface area contributed by atoms with Gasteiger partial charge in [0.05, 0.1) is 28.5 Å².